The molecule has 0 saturated heterocycles. The van der Waals surface area contributed by atoms with Crippen LogP contribution in [-0.4, -0.2) is 34.1 Å². The lowest BCUT2D eigenvalue weighted by molar-refractivity contribution is -0.162. The van der Waals surface area contributed by atoms with Crippen LogP contribution in [0.5, 0.6) is 0 Å². The molecule has 1 aliphatic heterocycles. The highest BCUT2D eigenvalue weighted by molar-refractivity contribution is 6.02. The molecule has 220 valence electrons. The predicted octanol–water partition coefficient (Wildman–Crippen LogP) is 9.05. The van der Waals surface area contributed by atoms with Crippen molar-refractivity contribution >= 4 is 11.7 Å². The van der Waals surface area contributed by atoms with Crippen molar-refractivity contribution in [2.24, 2.45) is 22.9 Å². The Morgan fingerprint density at radius 3 is 2.45 bits per heavy atom. The average molecular weight is 571 g/mol. The summed E-state index contributed by atoms with van der Waals surface area (Å²) in [7, 11) is 0. The summed E-state index contributed by atoms with van der Waals surface area (Å²) in [6.45, 7) is 11.2. The molecule has 0 aromatic heterocycles. The number of allylic oxidation sites excluding steroid dienone is 9. The van der Waals surface area contributed by atoms with Crippen molar-refractivity contribution in [2.45, 2.75) is 72.2 Å². The molecule has 0 radical (unpaired) electrons. The zero-order valence-electron chi connectivity index (χ0n) is 23.1. The molecular weight excluding hydrogens is 534 g/mol. The van der Waals surface area contributed by atoms with Gasteiger partial charge in [-0.2, -0.15) is 31.4 Å². The molecule has 0 saturated carbocycles. The third-order valence-corrected chi connectivity index (χ3v) is 6.80. The first-order valence-electron chi connectivity index (χ1n) is 13.2. The summed E-state index contributed by atoms with van der Waals surface area (Å²) in [4.78, 5) is 12.4. The molecule has 2 aliphatic rings. The minimum atomic E-state index is -4.97. The molecule has 0 spiro atoms. The quantitative estimate of drug-likeness (QED) is 0.123. The molecular formula is C30H36F6N2O2. The van der Waals surface area contributed by atoms with Crippen LogP contribution < -0.4 is 0 Å². The van der Waals surface area contributed by atoms with Gasteiger partial charge in [-0.15, -0.1) is 6.58 Å². The summed E-state index contributed by atoms with van der Waals surface area (Å²) in [6, 6.07) is 0. The normalized spacial score (nSPS) is 22.3. The van der Waals surface area contributed by atoms with E-state index < -0.39 is 42.2 Å². The van der Waals surface area contributed by atoms with E-state index >= 15 is 0 Å². The first kappa shape index (κ1) is 32.9. The Labute approximate surface area is 231 Å². The summed E-state index contributed by atoms with van der Waals surface area (Å²) in [5, 5.41) is 15.7. The van der Waals surface area contributed by atoms with Crippen LogP contribution in [0.2, 0.25) is 0 Å². The molecule has 3 unspecified atom stereocenters. The maximum atomic E-state index is 13.6. The van der Waals surface area contributed by atoms with Gasteiger partial charge in [0, 0.05) is 18.3 Å². The second-order valence-electron chi connectivity index (χ2n) is 10.0. The van der Waals surface area contributed by atoms with Crippen molar-refractivity contribution in [1.82, 2.24) is 5.01 Å². The molecule has 0 bridgehead atoms. The van der Waals surface area contributed by atoms with E-state index in [2.05, 4.69) is 11.7 Å². The molecule has 0 fully saturated rings. The zero-order chi connectivity index (χ0) is 30.3. The van der Waals surface area contributed by atoms with Crippen molar-refractivity contribution in [3.05, 3.63) is 83.3 Å². The number of nitrogens with zero attached hydrogens (tertiary/aromatic N) is 2. The molecule has 1 aliphatic carbocycles. The summed E-state index contributed by atoms with van der Waals surface area (Å²) in [6.07, 6.45) is 2.31. The van der Waals surface area contributed by atoms with Crippen LogP contribution in [0.25, 0.3) is 0 Å². The van der Waals surface area contributed by atoms with Crippen molar-refractivity contribution < 1.29 is 36.2 Å². The molecule has 40 heavy (non-hydrogen) atoms. The molecule has 4 nitrogen and oxygen atoms in total. The summed E-state index contributed by atoms with van der Waals surface area (Å²) in [5.41, 5.74) is -0.261. The van der Waals surface area contributed by atoms with Gasteiger partial charge >= 0.3 is 18.3 Å². The van der Waals surface area contributed by atoms with Crippen LogP contribution in [-0.2, 0) is 4.79 Å². The van der Waals surface area contributed by atoms with E-state index in [9.17, 15) is 36.2 Å². The molecule has 10 heteroatoms. The highest BCUT2D eigenvalue weighted by atomic mass is 19.4. The molecule has 0 aromatic rings. The summed E-state index contributed by atoms with van der Waals surface area (Å²) in [5.74, 6) is -4.04. The number of carboxylic acids is 1. The maximum absolute atomic E-state index is 13.6. The topological polar surface area (TPSA) is 52.9 Å². The first-order chi connectivity index (χ1) is 18.6. The fourth-order valence-corrected chi connectivity index (χ4v) is 4.30. The Morgan fingerprint density at radius 2 is 1.93 bits per heavy atom. The fourth-order valence-electron chi connectivity index (χ4n) is 4.30. The molecule has 3 atom stereocenters. The molecule has 0 amide bonds. The highest BCUT2D eigenvalue weighted by Crippen LogP contribution is 2.42. The van der Waals surface area contributed by atoms with Gasteiger partial charge in [0.25, 0.3) is 0 Å². The first-order valence-corrected chi connectivity index (χ1v) is 13.2. The van der Waals surface area contributed by atoms with Crippen LogP contribution in [0.3, 0.4) is 0 Å². The molecule has 0 aromatic carbocycles. The molecule has 1 heterocycles. The van der Waals surface area contributed by atoms with E-state index in [0.717, 1.165) is 17.0 Å². The van der Waals surface area contributed by atoms with Gasteiger partial charge in [-0.25, -0.2) is 9.80 Å². The van der Waals surface area contributed by atoms with E-state index in [0.29, 0.717) is 30.9 Å². The number of alkyl halides is 6. The Balaban J connectivity index is 2.68. The maximum Gasteiger partial charge on any atom is 0.416 e. The van der Waals surface area contributed by atoms with Crippen LogP contribution in [0.15, 0.2) is 88.4 Å². The molecule has 1 N–H and O–H groups in total. The van der Waals surface area contributed by atoms with Crippen molar-refractivity contribution in [3.8, 4) is 0 Å². The van der Waals surface area contributed by atoms with Gasteiger partial charge in [0.15, 0.2) is 0 Å². The van der Waals surface area contributed by atoms with Gasteiger partial charge in [0.2, 0.25) is 0 Å². The highest BCUT2D eigenvalue weighted by Gasteiger charge is 2.45. The predicted molar refractivity (Wildman–Crippen MR) is 145 cm³/mol. The van der Waals surface area contributed by atoms with Gasteiger partial charge < -0.3 is 5.11 Å². The van der Waals surface area contributed by atoms with E-state index in [1.807, 2.05) is 26.8 Å². The van der Waals surface area contributed by atoms with Gasteiger partial charge in [-0.1, -0.05) is 70.1 Å². The largest absolute Gasteiger partial charge is 0.478 e. The summed E-state index contributed by atoms with van der Waals surface area (Å²) >= 11 is 0. The van der Waals surface area contributed by atoms with Crippen molar-refractivity contribution in [3.63, 3.8) is 0 Å². The Kier molecular flexibility index (Phi) is 11.4. The van der Waals surface area contributed by atoms with E-state index in [-0.39, 0.29) is 28.9 Å². The second-order valence-corrected chi connectivity index (χ2v) is 10.0. The van der Waals surface area contributed by atoms with Crippen LogP contribution >= 0.6 is 0 Å². The van der Waals surface area contributed by atoms with Crippen LogP contribution in [0, 0.1) is 17.8 Å². The number of aliphatic carboxylic acids is 1. The van der Waals surface area contributed by atoms with Gasteiger partial charge in [-0.3, -0.25) is 0 Å². The standard InChI is InChI=1S/C30H36F6N2O2/c1-6-10-21(8-3)14-22(13-19(4)7-2)26(28(39)40)18-38-12-9-11-20(5)27(37-38)23-15-24(29(31,32)33)17-25(16-23)30(34,35)36/h6,9,12-15,17-20,25H,1,7-8,10-11,16H2,2-5H3,(H,39,40)/b21-14-,22-13+,26-18+. The van der Waals surface area contributed by atoms with Crippen molar-refractivity contribution in [2.75, 3.05) is 0 Å². The zero-order valence-corrected chi connectivity index (χ0v) is 23.1. The number of carboxylic acid groups (broad SMARTS) is 1. The minimum absolute atomic E-state index is 0.0360. The lowest BCUT2D eigenvalue weighted by Gasteiger charge is -2.27. The lowest BCUT2D eigenvalue weighted by Crippen LogP contribution is -2.29. The number of hydrazone groups is 1. The van der Waals surface area contributed by atoms with E-state index in [4.69, 9.17) is 0 Å². The lowest BCUT2D eigenvalue weighted by atomic mass is 9.83. The molecule has 2 rings (SSSR count). The smallest absolute Gasteiger partial charge is 0.416 e. The van der Waals surface area contributed by atoms with Crippen LogP contribution in [0.1, 0.15) is 59.8 Å². The Hall–Kier alpha value is -3.30. The van der Waals surface area contributed by atoms with Gasteiger partial charge in [-0.05, 0) is 48.8 Å². The number of halogens is 6. The van der Waals surface area contributed by atoms with Gasteiger partial charge in [0.05, 0.1) is 22.8 Å². The number of hydrogen-bond acceptors (Lipinski definition) is 3. The number of rotatable bonds is 10. The third-order valence-electron chi connectivity index (χ3n) is 6.80. The minimum Gasteiger partial charge on any atom is -0.478 e. The van der Waals surface area contributed by atoms with Gasteiger partial charge in [0.1, 0.15) is 0 Å². The fraction of sp³-hybridized carbons (Fsp3) is 0.467. The second kappa shape index (κ2) is 13.9. The SMILES string of the molecule is C=CC\C(=C/C(=C\C(C)CC)C(=C\N1C=CCC(C)C(C2=CC(C(F)(F)F)=CC(C(F)(F)F)C2)=N1)/C(=O)O)CC. The van der Waals surface area contributed by atoms with E-state index in [1.165, 1.54) is 12.4 Å². The Morgan fingerprint density at radius 1 is 1.25 bits per heavy atom. The average Bonchev–Trinajstić information content (AvgIpc) is 3.05. The monoisotopic (exact) mass is 570 g/mol. The number of hydrogen-bond donors (Lipinski definition) is 1. The number of carbonyl (C=O) groups is 1. The van der Waals surface area contributed by atoms with E-state index in [1.54, 1.807) is 25.2 Å². The van der Waals surface area contributed by atoms with Crippen LogP contribution in [0.4, 0.5) is 26.3 Å². The third kappa shape index (κ3) is 9.13. The van der Waals surface area contributed by atoms with Crippen molar-refractivity contribution in [1.29, 1.82) is 0 Å². The Bertz CT molecular complexity index is 1170. The summed E-state index contributed by atoms with van der Waals surface area (Å²) < 4.78 is 81.3.